The molecule has 4 N–H and O–H groups in total. The first-order valence-electron chi connectivity index (χ1n) is 5.58. The first-order valence-corrected chi connectivity index (χ1v) is 5.58. The molecule has 1 aromatic carbocycles. The number of esters is 1. The van der Waals surface area contributed by atoms with Crippen LogP contribution in [0.3, 0.4) is 0 Å². The Kier molecular flexibility index (Phi) is 5.41. The van der Waals surface area contributed by atoms with Crippen molar-refractivity contribution in [3.8, 4) is 0 Å². The number of hydrogen-bond acceptors (Lipinski definition) is 6. The summed E-state index contributed by atoms with van der Waals surface area (Å²) in [6, 6.07) is 4.76. The largest absolute Gasteiger partial charge is 0.465 e. The third-order valence-electron chi connectivity index (χ3n) is 2.53. The van der Waals surface area contributed by atoms with Gasteiger partial charge in [0.15, 0.2) is 0 Å². The van der Waals surface area contributed by atoms with Crippen molar-refractivity contribution >= 4 is 17.3 Å². The Bertz CT molecular complexity index is 403. The lowest BCUT2D eigenvalue weighted by atomic mass is 10.1. The molecular weight excluding hydrogens is 236 g/mol. The Morgan fingerprint density at radius 1 is 1.33 bits per heavy atom. The normalized spacial score (nSPS) is 10.2. The molecule has 0 aliphatic carbocycles. The van der Waals surface area contributed by atoms with Gasteiger partial charge in [-0.15, -0.1) is 0 Å². The van der Waals surface area contributed by atoms with E-state index in [1.165, 1.54) is 7.11 Å². The summed E-state index contributed by atoms with van der Waals surface area (Å²) in [5, 5.41) is 18.0. The smallest absolute Gasteiger partial charge is 0.337 e. The minimum atomic E-state index is -0.454. The molecule has 6 nitrogen and oxygen atoms in total. The molecule has 0 aliphatic heterocycles. The number of benzene rings is 1. The van der Waals surface area contributed by atoms with E-state index in [0.29, 0.717) is 30.0 Å². The molecule has 6 heteroatoms. The summed E-state index contributed by atoms with van der Waals surface area (Å²) in [7, 11) is 1.30. The number of carbonyl (C=O) groups is 1. The highest BCUT2D eigenvalue weighted by Gasteiger charge is 2.13. The summed E-state index contributed by atoms with van der Waals surface area (Å²) in [5.74, 6) is -0.454. The number of nitrogens with two attached hydrogens (primary N) is 1. The minimum absolute atomic E-state index is 0.0676. The van der Waals surface area contributed by atoms with Gasteiger partial charge in [-0.25, -0.2) is 4.79 Å². The highest BCUT2D eigenvalue weighted by atomic mass is 16.5. The zero-order chi connectivity index (χ0) is 13.5. The fourth-order valence-electron chi connectivity index (χ4n) is 1.66. The molecule has 0 aliphatic rings. The predicted molar refractivity (Wildman–Crippen MR) is 68.6 cm³/mol. The zero-order valence-corrected chi connectivity index (χ0v) is 10.3. The van der Waals surface area contributed by atoms with Gasteiger partial charge in [-0.1, -0.05) is 0 Å². The number of hydrogen-bond donors (Lipinski definition) is 3. The fraction of sp³-hybridized carbons (Fsp3) is 0.417. The number of nitrogens with zero attached hydrogens (tertiary/aromatic N) is 1. The average Bonchev–Trinajstić information content (AvgIpc) is 2.38. The highest BCUT2D eigenvalue weighted by Crippen LogP contribution is 2.24. The molecule has 0 atom stereocenters. The molecule has 1 aromatic rings. The number of aliphatic hydroxyl groups excluding tert-OH is 2. The maximum Gasteiger partial charge on any atom is 0.337 e. The van der Waals surface area contributed by atoms with Gasteiger partial charge >= 0.3 is 5.97 Å². The van der Waals surface area contributed by atoms with Crippen LogP contribution in [0.25, 0.3) is 0 Å². The van der Waals surface area contributed by atoms with E-state index < -0.39 is 5.97 Å². The van der Waals surface area contributed by atoms with Crippen molar-refractivity contribution in [1.29, 1.82) is 0 Å². The van der Waals surface area contributed by atoms with Crippen molar-refractivity contribution in [2.45, 2.75) is 0 Å². The standard InChI is InChI=1S/C12H18N2O4/c1-18-12(17)9-2-3-10(13)11(8-9)14(4-6-15)5-7-16/h2-3,8,15-16H,4-7,13H2,1H3. The van der Waals surface area contributed by atoms with Gasteiger partial charge in [0.1, 0.15) is 0 Å². The molecule has 0 heterocycles. The SMILES string of the molecule is COC(=O)c1ccc(N)c(N(CCO)CCO)c1. The summed E-state index contributed by atoms with van der Waals surface area (Å²) in [4.78, 5) is 13.1. The van der Waals surface area contributed by atoms with Crippen molar-refractivity contribution in [1.82, 2.24) is 0 Å². The lowest BCUT2D eigenvalue weighted by Crippen LogP contribution is -2.30. The minimum Gasteiger partial charge on any atom is -0.465 e. The molecule has 0 saturated carbocycles. The van der Waals surface area contributed by atoms with Crippen molar-refractivity contribution < 1.29 is 19.7 Å². The van der Waals surface area contributed by atoms with E-state index in [2.05, 4.69) is 4.74 Å². The van der Waals surface area contributed by atoms with Crippen molar-refractivity contribution in [2.24, 2.45) is 0 Å². The van der Waals surface area contributed by atoms with E-state index >= 15 is 0 Å². The van der Waals surface area contributed by atoms with Crippen molar-refractivity contribution in [2.75, 3.05) is 44.0 Å². The zero-order valence-electron chi connectivity index (χ0n) is 10.3. The van der Waals surface area contributed by atoms with Gasteiger partial charge in [0.25, 0.3) is 0 Å². The molecular formula is C12H18N2O4. The van der Waals surface area contributed by atoms with Crippen LogP contribution in [0.15, 0.2) is 18.2 Å². The fourth-order valence-corrected chi connectivity index (χ4v) is 1.66. The second-order valence-electron chi connectivity index (χ2n) is 3.70. The van der Waals surface area contributed by atoms with Crippen LogP contribution >= 0.6 is 0 Å². The monoisotopic (exact) mass is 254 g/mol. The first kappa shape index (κ1) is 14.3. The summed E-state index contributed by atoms with van der Waals surface area (Å²) in [6.07, 6.45) is 0. The molecule has 0 fully saturated rings. The second-order valence-corrected chi connectivity index (χ2v) is 3.70. The van der Waals surface area contributed by atoms with Crippen LogP contribution < -0.4 is 10.6 Å². The molecule has 0 unspecified atom stereocenters. The van der Waals surface area contributed by atoms with Crippen LogP contribution in [0.5, 0.6) is 0 Å². The lowest BCUT2D eigenvalue weighted by molar-refractivity contribution is 0.0601. The number of aliphatic hydroxyl groups is 2. The molecule has 18 heavy (non-hydrogen) atoms. The molecule has 100 valence electrons. The summed E-state index contributed by atoms with van der Waals surface area (Å²) in [6.45, 7) is 0.522. The average molecular weight is 254 g/mol. The van der Waals surface area contributed by atoms with Crippen LogP contribution in [-0.2, 0) is 4.74 Å². The van der Waals surface area contributed by atoms with Crippen LogP contribution in [0.4, 0.5) is 11.4 Å². The van der Waals surface area contributed by atoms with Crippen LogP contribution in [0.2, 0.25) is 0 Å². The van der Waals surface area contributed by atoms with E-state index in [4.69, 9.17) is 15.9 Å². The first-order chi connectivity index (χ1) is 8.63. The van der Waals surface area contributed by atoms with E-state index in [-0.39, 0.29) is 13.2 Å². The lowest BCUT2D eigenvalue weighted by Gasteiger charge is -2.24. The number of methoxy groups -OCH3 is 1. The van der Waals surface area contributed by atoms with Gasteiger partial charge in [0.05, 0.1) is 37.3 Å². The molecule has 0 amide bonds. The van der Waals surface area contributed by atoms with Gasteiger partial charge in [-0.05, 0) is 18.2 Å². The van der Waals surface area contributed by atoms with Gasteiger partial charge in [0.2, 0.25) is 0 Å². The molecule has 1 rings (SSSR count). The molecule has 0 spiro atoms. The maximum atomic E-state index is 11.4. The quantitative estimate of drug-likeness (QED) is 0.482. The number of anilines is 2. The van der Waals surface area contributed by atoms with Gasteiger partial charge in [-0.2, -0.15) is 0 Å². The van der Waals surface area contributed by atoms with E-state index in [1.807, 2.05) is 0 Å². The van der Waals surface area contributed by atoms with Crippen molar-refractivity contribution in [3.63, 3.8) is 0 Å². The summed E-state index contributed by atoms with van der Waals surface area (Å²) < 4.78 is 4.63. The maximum absolute atomic E-state index is 11.4. The highest BCUT2D eigenvalue weighted by molar-refractivity contribution is 5.92. The van der Waals surface area contributed by atoms with Crippen LogP contribution in [0.1, 0.15) is 10.4 Å². The van der Waals surface area contributed by atoms with Gasteiger partial charge in [-0.3, -0.25) is 0 Å². The van der Waals surface area contributed by atoms with E-state index in [1.54, 1.807) is 23.1 Å². The number of ether oxygens (including phenoxy) is 1. The summed E-state index contributed by atoms with van der Waals surface area (Å²) >= 11 is 0. The Labute approximate surface area is 106 Å². The Morgan fingerprint density at radius 3 is 2.44 bits per heavy atom. The topological polar surface area (TPSA) is 96.0 Å². The number of rotatable bonds is 6. The second kappa shape index (κ2) is 6.83. The van der Waals surface area contributed by atoms with E-state index in [0.717, 1.165) is 0 Å². The predicted octanol–water partition coefficient (Wildman–Crippen LogP) is -0.154. The third kappa shape index (κ3) is 3.35. The van der Waals surface area contributed by atoms with Crippen LogP contribution in [0, 0.1) is 0 Å². The van der Waals surface area contributed by atoms with Crippen LogP contribution in [-0.4, -0.2) is 49.6 Å². The van der Waals surface area contributed by atoms with Gasteiger partial charge < -0.3 is 25.6 Å². The van der Waals surface area contributed by atoms with E-state index in [9.17, 15) is 4.79 Å². The van der Waals surface area contributed by atoms with Crippen molar-refractivity contribution in [3.05, 3.63) is 23.8 Å². The van der Waals surface area contributed by atoms with Gasteiger partial charge in [0, 0.05) is 13.1 Å². The number of carbonyl (C=O) groups excluding carboxylic acids is 1. The molecule has 0 radical (unpaired) electrons. The molecule has 0 bridgehead atoms. The Balaban J connectivity index is 3.07. The Hall–Kier alpha value is -1.79. The summed E-state index contributed by atoms with van der Waals surface area (Å²) in [5.41, 5.74) is 7.29. The molecule has 0 saturated heterocycles. The number of nitrogen functional groups attached to an aromatic ring is 1. The third-order valence-corrected chi connectivity index (χ3v) is 2.53. The molecule has 0 aromatic heterocycles. The Morgan fingerprint density at radius 2 is 1.94 bits per heavy atom.